The van der Waals surface area contributed by atoms with Crippen LogP contribution in [0.1, 0.15) is 25.7 Å². The van der Waals surface area contributed by atoms with Crippen LogP contribution < -0.4 is 14.8 Å². The van der Waals surface area contributed by atoms with Gasteiger partial charge in [0.25, 0.3) is 0 Å². The molecule has 0 spiro atoms. The standard InChI is InChI=1S/C15H23NO3/c1-18-14-7-4-8-15(9-14)19-11-13(17)10-16-12-5-2-3-6-12/h4,7-9,12-13,16-17H,2-3,5-6,10-11H2,1H3/p+1/t13-/m0/s1. The molecule has 0 heterocycles. The number of ether oxygens (including phenoxy) is 2. The van der Waals surface area contributed by atoms with Crippen molar-refractivity contribution in [2.75, 3.05) is 20.3 Å². The molecule has 1 aromatic carbocycles. The number of aliphatic hydroxyl groups excluding tert-OH is 1. The molecule has 0 bridgehead atoms. The minimum atomic E-state index is -0.424. The fraction of sp³-hybridized carbons (Fsp3) is 0.600. The Morgan fingerprint density at radius 1 is 1.32 bits per heavy atom. The molecule has 1 aliphatic rings. The SMILES string of the molecule is COc1cccc(OC[C@@H](O)C[NH2+]C2CCCC2)c1. The molecule has 1 fully saturated rings. The zero-order valence-corrected chi connectivity index (χ0v) is 11.5. The average Bonchev–Trinajstić information content (AvgIpc) is 2.96. The van der Waals surface area contributed by atoms with Crippen molar-refractivity contribution in [2.45, 2.75) is 37.8 Å². The van der Waals surface area contributed by atoms with E-state index in [1.165, 1.54) is 25.7 Å². The van der Waals surface area contributed by atoms with Crippen LogP contribution in [0, 0.1) is 0 Å². The van der Waals surface area contributed by atoms with Gasteiger partial charge in [0.15, 0.2) is 0 Å². The molecule has 0 unspecified atom stereocenters. The van der Waals surface area contributed by atoms with Gasteiger partial charge in [-0.3, -0.25) is 0 Å². The monoisotopic (exact) mass is 266 g/mol. The molecule has 0 saturated heterocycles. The maximum absolute atomic E-state index is 9.91. The van der Waals surface area contributed by atoms with Crippen LogP contribution >= 0.6 is 0 Å². The van der Waals surface area contributed by atoms with Gasteiger partial charge >= 0.3 is 0 Å². The molecule has 1 aliphatic carbocycles. The summed E-state index contributed by atoms with van der Waals surface area (Å²) >= 11 is 0. The van der Waals surface area contributed by atoms with Crippen LogP contribution in [-0.4, -0.2) is 37.5 Å². The number of hydrogen-bond donors (Lipinski definition) is 2. The van der Waals surface area contributed by atoms with Gasteiger partial charge in [0.2, 0.25) is 0 Å². The highest BCUT2D eigenvalue weighted by Gasteiger charge is 2.19. The van der Waals surface area contributed by atoms with Crippen molar-refractivity contribution in [1.82, 2.24) is 0 Å². The third-order valence-corrected chi connectivity index (χ3v) is 3.62. The van der Waals surface area contributed by atoms with Crippen molar-refractivity contribution in [3.05, 3.63) is 24.3 Å². The molecule has 2 rings (SSSR count). The molecule has 106 valence electrons. The van der Waals surface area contributed by atoms with Gasteiger partial charge in [-0.2, -0.15) is 0 Å². The highest BCUT2D eigenvalue weighted by molar-refractivity contribution is 5.32. The molecular formula is C15H24NO3+. The van der Waals surface area contributed by atoms with Crippen LogP contribution in [0.5, 0.6) is 11.5 Å². The van der Waals surface area contributed by atoms with E-state index in [4.69, 9.17) is 9.47 Å². The number of nitrogens with two attached hydrogens (primary N) is 1. The zero-order valence-electron chi connectivity index (χ0n) is 11.5. The minimum Gasteiger partial charge on any atom is -0.497 e. The molecule has 1 saturated carbocycles. The van der Waals surface area contributed by atoms with Gasteiger partial charge in [-0.05, 0) is 37.8 Å². The van der Waals surface area contributed by atoms with Crippen molar-refractivity contribution >= 4 is 0 Å². The molecule has 0 radical (unpaired) electrons. The van der Waals surface area contributed by atoms with E-state index in [9.17, 15) is 5.11 Å². The molecular weight excluding hydrogens is 242 g/mol. The van der Waals surface area contributed by atoms with E-state index in [-0.39, 0.29) is 0 Å². The molecule has 1 aromatic rings. The quantitative estimate of drug-likeness (QED) is 0.772. The fourth-order valence-corrected chi connectivity index (χ4v) is 2.49. The number of quaternary nitrogens is 1. The minimum absolute atomic E-state index is 0.330. The maximum atomic E-state index is 9.91. The van der Waals surface area contributed by atoms with Gasteiger partial charge in [0.1, 0.15) is 30.8 Å². The second-order valence-electron chi connectivity index (χ2n) is 5.16. The van der Waals surface area contributed by atoms with Gasteiger partial charge in [0, 0.05) is 6.07 Å². The van der Waals surface area contributed by atoms with Crippen LogP contribution in [0.15, 0.2) is 24.3 Å². The summed E-state index contributed by atoms with van der Waals surface area (Å²) in [6, 6.07) is 8.15. The average molecular weight is 266 g/mol. The maximum Gasteiger partial charge on any atom is 0.137 e. The normalized spacial score (nSPS) is 17.4. The summed E-state index contributed by atoms with van der Waals surface area (Å²) in [6.45, 7) is 1.05. The first-order valence-electron chi connectivity index (χ1n) is 7.06. The third-order valence-electron chi connectivity index (χ3n) is 3.62. The number of methoxy groups -OCH3 is 1. The Labute approximate surface area is 114 Å². The zero-order chi connectivity index (χ0) is 13.5. The van der Waals surface area contributed by atoms with E-state index in [0.717, 1.165) is 11.5 Å². The second-order valence-corrected chi connectivity index (χ2v) is 5.16. The van der Waals surface area contributed by atoms with E-state index in [1.807, 2.05) is 24.3 Å². The Hall–Kier alpha value is -1.26. The highest BCUT2D eigenvalue weighted by atomic mass is 16.5. The summed E-state index contributed by atoms with van der Waals surface area (Å²) in [5, 5.41) is 12.2. The van der Waals surface area contributed by atoms with E-state index >= 15 is 0 Å². The van der Waals surface area contributed by atoms with Crippen LogP contribution in [0.4, 0.5) is 0 Å². The molecule has 4 heteroatoms. The Balaban J connectivity index is 1.68. The van der Waals surface area contributed by atoms with Crippen molar-refractivity contribution in [1.29, 1.82) is 0 Å². The van der Waals surface area contributed by atoms with E-state index in [2.05, 4.69) is 5.32 Å². The second kappa shape index (κ2) is 7.36. The van der Waals surface area contributed by atoms with E-state index in [0.29, 0.717) is 19.2 Å². The van der Waals surface area contributed by atoms with E-state index in [1.54, 1.807) is 7.11 Å². The summed E-state index contributed by atoms with van der Waals surface area (Å²) < 4.78 is 10.7. The number of aliphatic hydroxyl groups is 1. The van der Waals surface area contributed by atoms with Crippen LogP contribution in [0.3, 0.4) is 0 Å². The predicted octanol–water partition coefficient (Wildman–Crippen LogP) is 0.941. The first-order chi connectivity index (χ1) is 9.28. The molecule has 3 N–H and O–H groups in total. The molecule has 19 heavy (non-hydrogen) atoms. The van der Waals surface area contributed by atoms with Crippen molar-refractivity contribution in [2.24, 2.45) is 0 Å². The summed E-state index contributed by atoms with van der Waals surface area (Å²) in [4.78, 5) is 0. The van der Waals surface area contributed by atoms with Gasteiger partial charge in [0.05, 0.1) is 13.2 Å². The lowest BCUT2D eigenvalue weighted by Gasteiger charge is -2.14. The summed E-state index contributed by atoms with van der Waals surface area (Å²) in [7, 11) is 1.63. The van der Waals surface area contributed by atoms with Crippen molar-refractivity contribution in [3.63, 3.8) is 0 Å². The predicted molar refractivity (Wildman–Crippen MR) is 73.5 cm³/mol. The topological polar surface area (TPSA) is 55.3 Å². The first-order valence-corrected chi connectivity index (χ1v) is 7.06. The summed E-state index contributed by atoms with van der Waals surface area (Å²) in [6.07, 6.45) is 4.80. The molecule has 1 atom stereocenters. The number of hydrogen-bond acceptors (Lipinski definition) is 3. The lowest BCUT2D eigenvalue weighted by molar-refractivity contribution is -0.693. The van der Waals surface area contributed by atoms with Crippen molar-refractivity contribution < 1.29 is 19.9 Å². The first kappa shape index (κ1) is 14.2. The van der Waals surface area contributed by atoms with Gasteiger partial charge in [-0.25, -0.2) is 0 Å². The summed E-state index contributed by atoms with van der Waals surface area (Å²) in [5.74, 6) is 1.50. The van der Waals surface area contributed by atoms with Crippen LogP contribution in [0.25, 0.3) is 0 Å². The van der Waals surface area contributed by atoms with Crippen molar-refractivity contribution in [3.8, 4) is 11.5 Å². The smallest absolute Gasteiger partial charge is 0.137 e. The lowest BCUT2D eigenvalue weighted by atomic mass is 10.2. The Bertz CT molecular complexity index is 377. The van der Waals surface area contributed by atoms with Gasteiger partial charge < -0.3 is 19.9 Å². The lowest BCUT2D eigenvalue weighted by Crippen LogP contribution is -2.91. The van der Waals surface area contributed by atoms with E-state index < -0.39 is 6.10 Å². The largest absolute Gasteiger partial charge is 0.497 e. The van der Waals surface area contributed by atoms with Gasteiger partial charge in [-0.15, -0.1) is 0 Å². The fourth-order valence-electron chi connectivity index (χ4n) is 2.49. The summed E-state index contributed by atoms with van der Waals surface area (Å²) in [5.41, 5.74) is 0. The highest BCUT2D eigenvalue weighted by Crippen LogP contribution is 2.18. The van der Waals surface area contributed by atoms with Gasteiger partial charge in [-0.1, -0.05) is 6.07 Å². The molecule has 0 aliphatic heterocycles. The van der Waals surface area contributed by atoms with Crippen LogP contribution in [0.2, 0.25) is 0 Å². The molecule has 4 nitrogen and oxygen atoms in total. The Kier molecular flexibility index (Phi) is 5.48. The Morgan fingerprint density at radius 2 is 2.05 bits per heavy atom. The van der Waals surface area contributed by atoms with Crippen LogP contribution in [-0.2, 0) is 0 Å². The molecule has 0 aromatic heterocycles. The molecule has 0 amide bonds. The number of rotatable bonds is 7. The Morgan fingerprint density at radius 3 is 2.79 bits per heavy atom. The number of benzene rings is 1. The third kappa shape index (κ3) is 4.73.